The molecule has 2 aromatic heterocycles. The summed E-state index contributed by atoms with van der Waals surface area (Å²) in [5, 5.41) is 7.04. The number of aromatic nitrogens is 3. The molecule has 2 aromatic rings. The molecule has 3 N–H and O–H groups in total. The quantitative estimate of drug-likeness (QED) is 0.827. The molecule has 8 heteroatoms. The Kier molecular flexibility index (Phi) is 9.48. The van der Waals surface area contributed by atoms with Crippen molar-refractivity contribution in [3.63, 3.8) is 0 Å². The maximum Gasteiger partial charge on any atom is 0.270 e. The normalized spacial score (nSPS) is 11.3. The maximum absolute atomic E-state index is 12.3. The molecule has 2 rings (SSSR count). The fourth-order valence-electron chi connectivity index (χ4n) is 2.12. The van der Waals surface area contributed by atoms with Crippen LogP contribution in [0, 0.1) is 5.92 Å². The van der Waals surface area contributed by atoms with E-state index in [9.17, 15) is 4.79 Å². The van der Waals surface area contributed by atoms with Crippen LogP contribution in [0.4, 0.5) is 0 Å². The van der Waals surface area contributed by atoms with Crippen LogP contribution in [-0.2, 0) is 0 Å². The van der Waals surface area contributed by atoms with Crippen molar-refractivity contribution in [1.82, 2.24) is 20.1 Å². The number of nitrogens with zero attached hydrogens (tertiary/aromatic N) is 3. The topological polar surface area (TPSA) is 85.8 Å². The molecule has 0 radical (unpaired) electrons. The lowest BCUT2D eigenvalue weighted by molar-refractivity contribution is 0.0928. The van der Waals surface area contributed by atoms with Gasteiger partial charge in [0.1, 0.15) is 5.69 Å². The Morgan fingerprint density at radius 1 is 1.30 bits per heavy atom. The van der Waals surface area contributed by atoms with E-state index >= 15 is 0 Å². The van der Waals surface area contributed by atoms with E-state index in [0.717, 1.165) is 6.42 Å². The highest BCUT2D eigenvalue weighted by Gasteiger charge is 2.15. The van der Waals surface area contributed by atoms with Crippen molar-refractivity contribution in [3.05, 3.63) is 42.4 Å². The van der Waals surface area contributed by atoms with Crippen LogP contribution in [-0.4, -0.2) is 33.3 Å². The van der Waals surface area contributed by atoms with Gasteiger partial charge in [0.15, 0.2) is 5.82 Å². The predicted octanol–water partition coefficient (Wildman–Crippen LogP) is 2.21. The molecule has 0 aliphatic carbocycles. The predicted molar refractivity (Wildman–Crippen MR) is 95.6 cm³/mol. The van der Waals surface area contributed by atoms with Crippen LogP contribution in [0.5, 0.6) is 0 Å². The van der Waals surface area contributed by atoms with Crippen LogP contribution < -0.4 is 11.1 Å². The zero-order valence-corrected chi connectivity index (χ0v) is 14.8. The van der Waals surface area contributed by atoms with E-state index in [2.05, 4.69) is 29.2 Å². The highest BCUT2D eigenvalue weighted by atomic mass is 35.5. The first-order chi connectivity index (χ1) is 10.1. The van der Waals surface area contributed by atoms with Crippen LogP contribution in [0.25, 0.3) is 5.82 Å². The van der Waals surface area contributed by atoms with Crippen LogP contribution in [0.2, 0.25) is 0 Å². The third kappa shape index (κ3) is 6.17. The van der Waals surface area contributed by atoms with Crippen molar-refractivity contribution in [2.75, 3.05) is 6.54 Å². The molecular weight excluding hydrogens is 337 g/mol. The smallest absolute Gasteiger partial charge is 0.270 e. The fraction of sp³-hybridized carbons (Fsp3) is 0.400. The summed E-state index contributed by atoms with van der Waals surface area (Å²) in [5.74, 6) is 0.878. The minimum atomic E-state index is -0.208. The number of pyridine rings is 1. The molecule has 0 aliphatic rings. The standard InChI is InChI=1S/C15H21N5O.2ClH/c1-11(2)9-12(10-16)18-15(21)13-5-3-6-14(19-13)20-8-4-7-17-20;;/h3-8,11-12H,9-10,16H2,1-2H3,(H,18,21);2*1H. The molecule has 1 amide bonds. The maximum atomic E-state index is 12.3. The Labute approximate surface area is 148 Å². The van der Waals surface area contributed by atoms with E-state index in [1.165, 1.54) is 0 Å². The first kappa shape index (κ1) is 21.4. The Morgan fingerprint density at radius 2 is 2.04 bits per heavy atom. The van der Waals surface area contributed by atoms with Gasteiger partial charge in [-0.15, -0.1) is 24.8 Å². The summed E-state index contributed by atoms with van der Waals surface area (Å²) in [4.78, 5) is 16.6. The van der Waals surface area contributed by atoms with Gasteiger partial charge in [0.2, 0.25) is 0 Å². The Morgan fingerprint density at radius 3 is 2.61 bits per heavy atom. The molecule has 0 saturated carbocycles. The van der Waals surface area contributed by atoms with Gasteiger partial charge < -0.3 is 11.1 Å². The van der Waals surface area contributed by atoms with E-state index in [-0.39, 0.29) is 36.8 Å². The van der Waals surface area contributed by atoms with Crippen LogP contribution in [0.3, 0.4) is 0 Å². The van der Waals surface area contributed by atoms with E-state index < -0.39 is 0 Å². The van der Waals surface area contributed by atoms with E-state index in [1.807, 2.05) is 6.07 Å². The van der Waals surface area contributed by atoms with Crippen molar-refractivity contribution in [2.45, 2.75) is 26.3 Å². The minimum absolute atomic E-state index is 0. The molecule has 1 atom stereocenters. The molecule has 0 spiro atoms. The second-order valence-corrected chi connectivity index (χ2v) is 5.37. The number of nitrogens with one attached hydrogen (secondary N) is 1. The monoisotopic (exact) mass is 359 g/mol. The summed E-state index contributed by atoms with van der Waals surface area (Å²) < 4.78 is 1.62. The zero-order chi connectivity index (χ0) is 15.2. The molecule has 6 nitrogen and oxygen atoms in total. The van der Waals surface area contributed by atoms with Gasteiger partial charge in [0.25, 0.3) is 5.91 Å². The number of hydrogen-bond donors (Lipinski definition) is 2. The van der Waals surface area contributed by atoms with Gasteiger partial charge >= 0.3 is 0 Å². The molecule has 1 unspecified atom stereocenters. The summed E-state index contributed by atoms with van der Waals surface area (Å²) in [5.41, 5.74) is 6.07. The Balaban J connectivity index is 0.00000242. The number of hydrogen-bond acceptors (Lipinski definition) is 4. The summed E-state index contributed by atoms with van der Waals surface area (Å²) in [7, 11) is 0. The number of amides is 1. The molecule has 23 heavy (non-hydrogen) atoms. The lowest BCUT2D eigenvalue weighted by atomic mass is 10.0. The van der Waals surface area contributed by atoms with Crippen LogP contribution in [0.15, 0.2) is 36.7 Å². The third-order valence-electron chi connectivity index (χ3n) is 3.08. The van der Waals surface area contributed by atoms with E-state index in [0.29, 0.717) is 24.0 Å². The van der Waals surface area contributed by atoms with Gasteiger partial charge in [0, 0.05) is 25.0 Å². The average molecular weight is 360 g/mol. The lowest BCUT2D eigenvalue weighted by Crippen LogP contribution is -2.41. The molecule has 2 heterocycles. The van der Waals surface area contributed by atoms with Gasteiger partial charge in [-0.3, -0.25) is 4.79 Å². The van der Waals surface area contributed by atoms with Crippen LogP contribution in [0.1, 0.15) is 30.8 Å². The first-order valence-electron chi connectivity index (χ1n) is 7.08. The Hall–Kier alpha value is -1.63. The highest BCUT2D eigenvalue weighted by molar-refractivity contribution is 5.92. The second-order valence-electron chi connectivity index (χ2n) is 5.37. The summed E-state index contributed by atoms with van der Waals surface area (Å²) in [6, 6.07) is 7.05. The number of nitrogens with two attached hydrogens (primary N) is 1. The van der Waals surface area contributed by atoms with E-state index in [1.54, 1.807) is 35.3 Å². The minimum Gasteiger partial charge on any atom is -0.347 e. The van der Waals surface area contributed by atoms with Crippen molar-refractivity contribution >= 4 is 30.7 Å². The van der Waals surface area contributed by atoms with Gasteiger partial charge in [-0.05, 0) is 30.5 Å². The number of carbonyl (C=O) groups is 1. The summed E-state index contributed by atoms with van der Waals surface area (Å²) in [6.07, 6.45) is 4.30. The fourth-order valence-corrected chi connectivity index (χ4v) is 2.12. The van der Waals surface area contributed by atoms with Crippen molar-refractivity contribution in [3.8, 4) is 5.82 Å². The largest absolute Gasteiger partial charge is 0.347 e. The molecule has 0 saturated heterocycles. The summed E-state index contributed by atoms with van der Waals surface area (Å²) in [6.45, 7) is 4.62. The van der Waals surface area contributed by atoms with Crippen molar-refractivity contribution in [1.29, 1.82) is 0 Å². The Bertz CT molecular complexity index is 589. The molecule has 0 aliphatic heterocycles. The summed E-state index contributed by atoms with van der Waals surface area (Å²) >= 11 is 0. The van der Waals surface area contributed by atoms with Crippen LogP contribution >= 0.6 is 24.8 Å². The van der Waals surface area contributed by atoms with Gasteiger partial charge in [0.05, 0.1) is 0 Å². The highest BCUT2D eigenvalue weighted by Crippen LogP contribution is 2.07. The number of rotatable bonds is 6. The average Bonchev–Trinajstić information content (AvgIpc) is 3.00. The number of halogens is 2. The molecular formula is C15H23Cl2N5O. The second kappa shape index (κ2) is 10.2. The van der Waals surface area contributed by atoms with E-state index in [4.69, 9.17) is 5.73 Å². The van der Waals surface area contributed by atoms with Crippen molar-refractivity contribution in [2.24, 2.45) is 11.7 Å². The first-order valence-corrected chi connectivity index (χ1v) is 7.08. The third-order valence-corrected chi connectivity index (χ3v) is 3.08. The molecule has 0 bridgehead atoms. The lowest BCUT2D eigenvalue weighted by Gasteiger charge is -2.18. The van der Waals surface area contributed by atoms with Gasteiger partial charge in [-0.1, -0.05) is 19.9 Å². The molecule has 128 valence electrons. The molecule has 0 aromatic carbocycles. The molecule has 0 fully saturated rings. The van der Waals surface area contributed by atoms with Gasteiger partial charge in [-0.25, -0.2) is 9.67 Å². The SMILES string of the molecule is CC(C)CC(CN)NC(=O)c1cccc(-n2cccn2)n1.Cl.Cl. The zero-order valence-electron chi connectivity index (χ0n) is 13.2. The van der Waals surface area contributed by atoms with Crippen molar-refractivity contribution < 1.29 is 4.79 Å². The van der Waals surface area contributed by atoms with Gasteiger partial charge in [-0.2, -0.15) is 5.10 Å². The number of carbonyl (C=O) groups excluding carboxylic acids is 1.